The van der Waals surface area contributed by atoms with Crippen LogP contribution in [0.5, 0.6) is 0 Å². The molecule has 0 saturated heterocycles. The molecule has 2 aromatic carbocycles. The van der Waals surface area contributed by atoms with Crippen molar-refractivity contribution in [2.75, 3.05) is 0 Å². The third kappa shape index (κ3) is 3.44. The Morgan fingerprint density at radius 2 is 1.47 bits per heavy atom. The van der Waals surface area contributed by atoms with Crippen LogP contribution < -0.4 is 0 Å². The predicted octanol–water partition coefficient (Wildman–Crippen LogP) is 3.46. The van der Waals surface area contributed by atoms with Crippen molar-refractivity contribution in [3.05, 3.63) is 71.0 Å². The van der Waals surface area contributed by atoms with E-state index in [9.17, 15) is 18.0 Å². The third-order valence-electron chi connectivity index (χ3n) is 2.75. The van der Waals surface area contributed by atoms with E-state index in [0.717, 1.165) is 12.1 Å². The molecule has 0 aliphatic rings. The molecular weight excluding hydrogens is 253 g/mol. The summed E-state index contributed by atoms with van der Waals surface area (Å²) in [6, 6.07) is 8.98. The highest BCUT2D eigenvalue weighted by Gasteiger charge is 2.11. The zero-order valence-electron chi connectivity index (χ0n) is 10.00. The van der Waals surface area contributed by atoms with E-state index >= 15 is 0 Å². The zero-order valence-corrected chi connectivity index (χ0v) is 10.00. The Morgan fingerprint density at radius 1 is 0.842 bits per heavy atom. The van der Waals surface area contributed by atoms with Crippen LogP contribution in [0.4, 0.5) is 13.2 Å². The second kappa shape index (κ2) is 5.69. The largest absolute Gasteiger partial charge is 0.299 e. The molecule has 0 fully saturated rings. The average Bonchev–Trinajstić information content (AvgIpc) is 2.36. The maximum Gasteiger partial charge on any atom is 0.141 e. The lowest BCUT2D eigenvalue weighted by molar-refractivity contribution is -0.117. The van der Waals surface area contributed by atoms with Crippen molar-refractivity contribution in [2.24, 2.45) is 0 Å². The van der Waals surface area contributed by atoms with Crippen molar-refractivity contribution in [1.82, 2.24) is 0 Å². The number of ketones is 1. The number of hydrogen-bond donors (Lipinski definition) is 0. The highest BCUT2D eigenvalue weighted by atomic mass is 19.1. The lowest BCUT2D eigenvalue weighted by atomic mass is 10.0. The van der Waals surface area contributed by atoms with Crippen LogP contribution >= 0.6 is 0 Å². The van der Waals surface area contributed by atoms with Gasteiger partial charge in [-0.15, -0.1) is 0 Å². The Labute approximate surface area is 108 Å². The summed E-state index contributed by atoms with van der Waals surface area (Å²) >= 11 is 0. The molecule has 0 aromatic heterocycles. The molecule has 19 heavy (non-hydrogen) atoms. The van der Waals surface area contributed by atoms with Crippen LogP contribution in [0, 0.1) is 17.5 Å². The number of rotatable bonds is 4. The Bertz CT molecular complexity index is 608. The van der Waals surface area contributed by atoms with Gasteiger partial charge in [0, 0.05) is 18.9 Å². The molecule has 4 heteroatoms. The summed E-state index contributed by atoms with van der Waals surface area (Å²) < 4.78 is 39.4. The van der Waals surface area contributed by atoms with E-state index in [1.807, 2.05) is 0 Å². The maximum atomic E-state index is 13.4. The van der Waals surface area contributed by atoms with Crippen molar-refractivity contribution in [2.45, 2.75) is 12.8 Å². The summed E-state index contributed by atoms with van der Waals surface area (Å²) in [7, 11) is 0. The normalized spacial score (nSPS) is 10.5. The zero-order chi connectivity index (χ0) is 13.8. The van der Waals surface area contributed by atoms with Gasteiger partial charge in [0.1, 0.15) is 23.2 Å². The van der Waals surface area contributed by atoms with Gasteiger partial charge in [-0.25, -0.2) is 13.2 Å². The van der Waals surface area contributed by atoms with Gasteiger partial charge in [0.25, 0.3) is 0 Å². The van der Waals surface area contributed by atoms with E-state index in [2.05, 4.69) is 0 Å². The minimum Gasteiger partial charge on any atom is -0.299 e. The fourth-order valence-electron chi connectivity index (χ4n) is 1.79. The van der Waals surface area contributed by atoms with E-state index in [4.69, 9.17) is 0 Å². The van der Waals surface area contributed by atoms with Crippen molar-refractivity contribution < 1.29 is 18.0 Å². The first-order chi connectivity index (χ1) is 9.06. The fourth-order valence-corrected chi connectivity index (χ4v) is 1.79. The van der Waals surface area contributed by atoms with Crippen LogP contribution in [0.25, 0.3) is 0 Å². The molecule has 0 aliphatic carbocycles. The summed E-state index contributed by atoms with van der Waals surface area (Å²) in [4.78, 5) is 11.7. The summed E-state index contributed by atoms with van der Waals surface area (Å²) in [5.74, 6) is -2.24. The van der Waals surface area contributed by atoms with Gasteiger partial charge in [-0.1, -0.05) is 24.3 Å². The molecular formula is C15H11F3O. The van der Waals surface area contributed by atoms with Gasteiger partial charge in [0.2, 0.25) is 0 Å². The molecule has 0 bridgehead atoms. The van der Waals surface area contributed by atoms with Crippen LogP contribution in [0.2, 0.25) is 0 Å². The summed E-state index contributed by atoms with van der Waals surface area (Å²) in [5.41, 5.74) is 0.387. The molecule has 2 rings (SSSR count). The molecule has 0 aliphatic heterocycles. The quantitative estimate of drug-likeness (QED) is 0.826. The molecule has 0 heterocycles. The van der Waals surface area contributed by atoms with Gasteiger partial charge >= 0.3 is 0 Å². The lowest BCUT2D eigenvalue weighted by Crippen LogP contribution is -2.09. The van der Waals surface area contributed by atoms with E-state index in [1.165, 1.54) is 24.3 Å². The topological polar surface area (TPSA) is 17.1 Å². The standard InChI is InChI=1S/C15H11F3O/c16-12-6-5-11(15(18)9-12)8-13(19)7-10-3-1-2-4-14(10)17/h1-6,9H,7-8H2. The molecule has 0 spiro atoms. The van der Waals surface area contributed by atoms with Crippen molar-refractivity contribution >= 4 is 5.78 Å². The molecule has 0 unspecified atom stereocenters. The molecule has 1 nitrogen and oxygen atoms in total. The van der Waals surface area contributed by atoms with E-state index in [1.54, 1.807) is 6.07 Å². The second-order valence-corrected chi connectivity index (χ2v) is 4.22. The fraction of sp³-hybridized carbons (Fsp3) is 0.133. The van der Waals surface area contributed by atoms with Gasteiger partial charge in [0.15, 0.2) is 0 Å². The lowest BCUT2D eigenvalue weighted by Gasteiger charge is -2.04. The van der Waals surface area contributed by atoms with Gasteiger partial charge in [-0.2, -0.15) is 0 Å². The first kappa shape index (κ1) is 13.3. The molecule has 0 N–H and O–H groups in total. The number of carbonyl (C=O) groups is 1. The van der Waals surface area contributed by atoms with E-state index in [0.29, 0.717) is 0 Å². The van der Waals surface area contributed by atoms with Crippen LogP contribution in [0.1, 0.15) is 11.1 Å². The smallest absolute Gasteiger partial charge is 0.141 e. The number of Topliss-reactive ketones (excluding diaryl/α,β-unsaturated/α-hetero) is 1. The van der Waals surface area contributed by atoms with E-state index < -0.39 is 17.5 Å². The summed E-state index contributed by atoms with van der Waals surface area (Å²) in [6.45, 7) is 0. The third-order valence-corrected chi connectivity index (χ3v) is 2.75. The number of hydrogen-bond acceptors (Lipinski definition) is 1. The Kier molecular flexibility index (Phi) is 4.00. The highest BCUT2D eigenvalue weighted by molar-refractivity contribution is 5.83. The van der Waals surface area contributed by atoms with E-state index in [-0.39, 0.29) is 29.8 Å². The first-order valence-corrected chi connectivity index (χ1v) is 5.75. The van der Waals surface area contributed by atoms with Crippen LogP contribution in [0.3, 0.4) is 0 Å². The number of benzene rings is 2. The van der Waals surface area contributed by atoms with Gasteiger partial charge in [-0.3, -0.25) is 4.79 Å². The van der Waals surface area contributed by atoms with Crippen LogP contribution in [-0.4, -0.2) is 5.78 Å². The summed E-state index contributed by atoms with van der Waals surface area (Å²) in [6.07, 6.45) is -0.288. The molecule has 0 saturated carbocycles. The minimum absolute atomic E-state index is 0.108. The maximum absolute atomic E-state index is 13.4. The monoisotopic (exact) mass is 264 g/mol. The van der Waals surface area contributed by atoms with Gasteiger partial charge in [0.05, 0.1) is 0 Å². The molecule has 0 amide bonds. The van der Waals surface area contributed by atoms with Crippen molar-refractivity contribution in [3.8, 4) is 0 Å². The molecule has 2 aromatic rings. The predicted molar refractivity (Wildman–Crippen MR) is 65.2 cm³/mol. The van der Waals surface area contributed by atoms with Gasteiger partial charge < -0.3 is 0 Å². The SMILES string of the molecule is O=C(Cc1ccccc1F)Cc1ccc(F)cc1F. The van der Waals surface area contributed by atoms with Crippen molar-refractivity contribution in [1.29, 1.82) is 0 Å². The van der Waals surface area contributed by atoms with Crippen molar-refractivity contribution in [3.63, 3.8) is 0 Å². The Morgan fingerprint density at radius 3 is 2.11 bits per heavy atom. The highest BCUT2D eigenvalue weighted by Crippen LogP contribution is 2.13. The first-order valence-electron chi connectivity index (χ1n) is 5.75. The minimum atomic E-state index is -0.762. The number of carbonyl (C=O) groups excluding carboxylic acids is 1. The molecule has 0 radical (unpaired) electrons. The molecule has 0 atom stereocenters. The van der Waals surface area contributed by atoms with Crippen LogP contribution in [-0.2, 0) is 17.6 Å². The molecule has 98 valence electrons. The number of halogens is 3. The Hall–Kier alpha value is -2.10. The average molecular weight is 264 g/mol. The second-order valence-electron chi connectivity index (χ2n) is 4.22. The Balaban J connectivity index is 2.08. The van der Waals surface area contributed by atoms with Crippen LogP contribution in [0.15, 0.2) is 42.5 Å². The summed E-state index contributed by atoms with van der Waals surface area (Å²) in [5, 5.41) is 0. The van der Waals surface area contributed by atoms with Gasteiger partial charge in [-0.05, 0) is 23.3 Å².